The van der Waals surface area contributed by atoms with Gasteiger partial charge in [0.15, 0.2) is 0 Å². The number of nitrogens with zero attached hydrogens (tertiary/aromatic N) is 2. The lowest BCUT2D eigenvalue weighted by molar-refractivity contribution is -0.144. The summed E-state index contributed by atoms with van der Waals surface area (Å²) < 4.78 is 12.8. The first-order valence-electron chi connectivity index (χ1n) is 6.14. The Morgan fingerprint density at radius 2 is 2.21 bits per heavy atom. The molecule has 2 heterocycles. The molecular formula is C13H15FN2O3. The molecule has 1 fully saturated rings. The number of hydrogen-bond donors (Lipinski definition) is 1. The van der Waals surface area contributed by atoms with Gasteiger partial charge in [-0.2, -0.15) is 0 Å². The molecule has 1 saturated heterocycles. The highest BCUT2D eigenvalue weighted by Gasteiger charge is 2.35. The fourth-order valence-corrected chi connectivity index (χ4v) is 2.27. The molecule has 5 nitrogen and oxygen atoms in total. The molecule has 0 aliphatic carbocycles. The van der Waals surface area contributed by atoms with E-state index in [9.17, 15) is 19.1 Å². The molecule has 0 bridgehead atoms. The minimum absolute atomic E-state index is 0.0715. The Morgan fingerprint density at radius 3 is 2.79 bits per heavy atom. The highest BCUT2D eigenvalue weighted by Crippen LogP contribution is 2.24. The van der Waals surface area contributed by atoms with Crippen LogP contribution in [0.1, 0.15) is 30.3 Å². The maximum absolute atomic E-state index is 12.8. The molecule has 1 aliphatic heterocycles. The molecule has 6 heteroatoms. The lowest BCUT2D eigenvalue weighted by Crippen LogP contribution is -2.50. The van der Waals surface area contributed by atoms with Crippen molar-refractivity contribution in [2.45, 2.75) is 25.8 Å². The molecule has 1 aliphatic rings. The van der Waals surface area contributed by atoms with Gasteiger partial charge >= 0.3 is 5.97 Å². The summed E-state index contributed by atoms with van der Waals surface area (Å²) in [6.45, 7) is 2.35. The molecule has 1 aromatic heterocycles. The zero-order valence-corrected chi connectivity index (χ0v) is 10.5. The highest BCUT2D eigenvalue weighted by atomic mass is 19.1. The number of aromatic nitrogens is 1. The minimum Gasteiger partial charge on any atom is -0.480 e. The van der Waals surface area contributed by atoms with Gasteiger partial charge in [-0.25, -0.2) is 14.2 Å². The first kappa shape index (κ1) is 13.5. The fraction of sp³-hybridized carbons (Fsp3) is 0.462. The van der Waals surface area contributed by atoms with Crippen molar-refractivity contribution in [3.8, 4) is 0 Å². The second kappa shape index (κ2) is 5.34. The van der Waals surface area contributed by atoms with Crippen LogP contribution in [0, 0.1) is 11.7 Å². The average Bonchev–Trinajstić information content (AvgIpc) is 2.38. The van der Waals surface area contributed by atoms with Gasteiger partial charge in [0.05, 0.1) is 6.20 Å². The summed E-state index contributed by atoms with van der Waals surface area (Å²) in [4.78, 5) is 28.5. The van der Waals surface area contributed by atoms with E-state index in [1.54, 1.807) is 0 Å². The van der Waals surface area contributed by atoms with Gasteiger partial charge in [0.1, 0.15) is 17.6 Å². The number of likely N-dealkylation sites (tertiary alicyclic amines) is 1. The fourth-order valence-electron chi connectivity index (χ4n) is 2.27. The van der Waals surface area contributed by atoms with Gasteiger partial charge < -0.3 is 10.0 Å². The van der Waals surface area contributed by atoms with Gasteiger partial charge in [0.2, 0.25) is 0 Å². The summed E-state index contributed by atoms with van der Waals surface area (Å²) >= 11 is 0. The van der Waals surface area contributed by atoms with Gasteiger partial charge in [-0.05, 0) is 30.9 Å². The van der Waals surface area contributed by atoms with Crippen molar-refractivity contribution in [1.29, 1.82) is 0 Å². The summed E-state index contributed by atoms with van der Waals surface area (Å²) in [5, 5.41) is 9.19. The minimum atomic E-state index is -1.01. The van der Waals surface area contributed by atoms with E-state index < -0.39 is 23.7 Å². The van der Waals surface area contributed by atoms with Gasteiger partial charge in [-0.1, -0.05) is 6.92 Å². The normalized spacial score (nSPS) is 23.2. The van der Waals surface area contributed by atoms with Crippen LogP contribution >= 0.6 is 0 Å². The number of carbonyl (C=O) groups is 2. The Labute approximate surface area is 110 Å². The Bertz CT molecular complexity index is 489. The molecule has 2 atom stereocenters. The Hall–Kier alpha value is -1.98. The monoisotopic (exact) mass is 266 g/mol. The van der Waals surface area contributed by atoms with Crippen LogP contribution in [0.15, 0.2) is 18.3 Å². The van der Waals surface area contributed by atoms with Crippen molar-refractivity contribution in [3.63, 3.8) is 0 Å². The second-order valence-corrected chi connectivity index (χ2v) is 4.84. The van der Waals surface area contributed by atoms with Crippen LogP contribution in [0.4, 0.5) is 4.39 Å². The number of carbonyl (C=O) groups excluding carboxylic acids is 1. The van der Waals surface area contributed by atoms with E-state index in [4.69, 9.17) is 0 Å². The summed E-state index contributed by atoms with van der Waals surface area (Å²) in [6, 6.07) is 1.58. The zero-order valence-electron chi connectivity index (χ0n) is 10.5. The summed E-state index contributed by atoms with van der Waals surface area (Å²) in [5.74, 6) is -1.73. The van der Waals surface area contributed by atoms with Crippen LogP contribution in [0.5, 0.6) is 0 Å². The molecule has 0 saturated carbocycles. The summed E-state index contributed by atoms with van der Waals surface area (Å²) in [5.41, 5.74) is 0.0715. The standard InChI is InChI=1S/C13H15FN2O3/c1-8-4-5-16(11(6-8)13(18)19)12(17)10-3-2-9(14)7-15-10/h2-3,7-8,11H,4-6H2,1H3,(H,18,19). The Morgan fingerprint density at radius 1 is 1.47 bits per heavy atom. The van der Waals surface area contributed by atoms with Crippen LogP contribution in [0.2, 0.25) is 0 Å². The van der Waals surface area contributed by atoms with Gasteiger partial charge in [-0.3, -0.25) is 4.79 Å². The first-order chi connectivity index (χ1) is 8.99. The van der Waals surface area contributed by atoms with Crippen molar-refractivity contribution in [3.05, 3.63) is 29.8 Å². The number of halogens is 1. The SMILES string of the molecule is CC1CCN(C(=O)c2ccc(F)cn2)C(C(=O)O)C1. The number of piperidine rings is 1. The third-order valence-corrected chi connectivity index (χ3v) is 3.36. The van der Waals surface area contributed by atoms with E-state index in [2.05, 4.69) is 4.98 Å². The number of carboxylic acid groups (broad SMARTS) is 1. The van der Waals surface area contributed by atoms with Crippen LogP contribution in [0.3, 0.4) is 0 Å². The van der Waals surface area contributed by atoms with E-state index in [-0.39, 0.29) is 11.6 Å². The number of pyridine rings is 1. The van der Waals surface area contributed by atoms with Crippen LogP contribution in [-0.4, -0.2) is 39.5 Å². The molecule has 1 N–H and O–H groups in total. The summed E-state index contributed by atoms with van der Waals surface area (Å²) in [6.07, 6.45) is 2.15. The van der Waals surface area contributed by atoms with Crippen molar-refractivity contribution < 1.29 is 19.1 Å². The number of rotatable bonds is 2. The molecule has 1 aromatic rings. The van der Waals surface area contributed by atoms with Gasteiger partial charge in [0.25, 0.3) is 5.91 Å². The molecule has 0 radical (unpaired) electrons. The van der Waals surface area contributed by atoms with Crippen LogP contribution in [0.25, 0.3) is 0 Å². The highest BCUT2D eigenvalue weighted by molar-refractivity contribution is 5.95. The zero-order chi connectivity index (χ0) is 14.0. The molecule has 2 unspecified atom stereocenters. The van der Waals surface area contributed by atoms with Crippen molar-refractivity contribution in [2.24, 2.45) is 5.92 Å². The third kappa shape index (κ3) is 2.89. The van der Waals surface area contributed by atoms with E-state index in [0.29, 0.717) is 13.0 Å². The number of amides is 1. The maximum Gasteiger partial charge on any atom is 0.326 e. The second-order valence-electron chi connectivity index (χ2n) is 4.84. The number of aliphatic carboxylic acids is 1. The molecule has 2 rings (SSSR count). The topological polar surface area (TPSA) is 70.5 Å². The van der Waals surface area contributed by atoms with Gasteiger partial charge in [-0.15, -0.1) is 0 Å². The largest absolute Gasteiger partial charge is 0.480 e. The molecular weight excluding hydrogens is 251 g/mol. The Balaban J connectivity index is 2.21. The number of hydrogen-bond acceptors (Lipinski definition) is 3. The van der Waals surface area contributed by atoms with E-state index in [1.165, 1.54) is 11.0 Å². The summed E-state index contributed by atoms with van der Waals surface area (Å²) in [7, 11) is 0. The van der Waals surface area contributed by atoms with Crippen LogP contribution < -0.4 is 0 Å². The van der Waals surface area contributed by atoms with E-state index in [1.807, 2.05) is 6.92 Å². The lowest BCUT2D eigenvalue weighted by Gasteiger charge is -2.35. The van der Waals surface area contributed by atoms with Crippen molar-refractivity contribution >= 4 is 11.9 Å². The molecule has 19 heavy (non-hydrogen) atoms. The van der Waals surface area contributed by atoms with Gasteiger partial charge in [0, 0.05) is 6.54 Å². The molecule has 1 amide bonds. The third-order valence-electron chi connectivity index (χ3n) is 3.36. The molecule has 102 valence electrons. The van der Waals surface area contributed by atoms with Crippen LogP contribution in [-0.2, 0) is 4.79 Å². The molecule has 0 spiro atoms. The van der Waals surface area contributed by atoms with E-state index in [0.717, 1.165) is 18.7 Å². The first-order valence-corrected chi connectivity index (χ1v) is 6.14. The van der Waals surface area contributed by atoms with Crippen molar-refractivity contribution in [1.82, 2.24) is 9.88 Å². The predicted octanol–water partition coefficient (Wildman–Crippen LogP) is 1.55. The average molecular weight is 266 g/mol. The van der Waals surface area contributed by atoms with E-state index >= 15 is 0 Å². The quantitative estimate of drug-likeness (QED) is 0.881. The number of carboxylic acids is 1. The predicted molar refractivity (Wildman–Crippen MR) is 65.1 cm³/mol. The maximum atomic E-state index is 12.8. The van der Waals surface area contributed by atoms with Crippen molar-refractivity contribution in [2.75, 3.05) is 6.54 Å². The lowest BCUT2D eigenvalue weighted by atomic mass is 9.92. The molecule has 0 aromatic carbocycles. The Kier molecular flexibility index (Phi) is 3.78. The smallest absolute Gasteiger partial charge is 0.326 e.